The number of nitrogens with zero attached hydrogens (tertiary/aromatic N) is 1. The minimum absolute atomic E-state index is 0. The third-order valence-corrected chi connectivity index (χ3v) is 9.49. The van der Waals surface area contributed by atoms with Gasteiger partial charge in [0.15, 0.2) is 5.60 Å². The van der Waals surface area contributed by atoms with Gasteiger partial charge in [-0.25, -0.2) is 4.79 Å². The van der Waals surface area contributed by atoms with Crippen LogP contribution in [0.4, 0.5) is 0 Å². The molecule has 0 amide bonds. The van der Waals surface area contributed by atoms with Gasteiger partial charge in [0, 0.05) is 17.5 Å². The van der Waals surface area contributed by atoms with Gasteiger partial charge in [0.05, 0.1) is 32.6 Å². The normalized spacial score (nSPS) is 21.3. The highest BCUT2D eigenvalue weighted by molar-refractivity contribution is 5.89. The molecule has 3 saturated heterocycles. The summed E-state index contributed by atoms with van der Waals surface area (Å²) >= 11 is 0. The smallest absolute Gasteiger partial charge is 0.337 e. The Balaban J connectivity index is 0.00000520. The number of methoxy groups -OCH3 is 1. The Labute approximate surface area is 281 Å². The molecule has 11 nitrogen and oxygen atoms in total. The van der Waals surface area contributed by atoms with Crippen LogP contribution in [0.1, 0.15) is 73.6 Å². The van der Waals surface area contributed by atoms with Crippen molar-refractivity contribution in [1.29, 1.82) is 0 Å². The predicted octanol–water partition coefficient (Wildman–Crippen LogP) is 4.54. The average Bonchev–Trinajstić information content (AvgIpc) is 3.06. The topological polar surface area (TPSA) is 166 Å². The number of benzene rings is 3. The van der Waals surface area contributed by atoms with Crippen molar-refractivity contribution >= 4 is 17.9 Å². The van der Waals surface area contributed by atoms with E-state index in [4.69, 9.17) is 14.3 Å². The highest BCUT2D eigenvalue weighted by Crippen LogP contribution is 2.45. The standard InChI is InChI=1S/C37H44N2O8.H2O/c1-24(2)28-14-15-30(45-3)29(20-28)23-38-47-32(42)22-37(36(43)44,21-31(40)41)46-35-27-16-18-39(19-17-27)34(35)33(25-10-6-4-7-11-25)26-12-8-5-9-13-26;/h4-15,20,24,27,33-35,38H,16-19,21-23H2,1-3H3,(H,40,41)(H,43,44);1H2. The van der Waals surface area contributed by atoms with Crippen molar-refractivity contribution in [2.75, 3.05) is 20.2 Å². The number of aliphatic carboxylic acids is 2. The van der Waals surface area contributed by atoms with E-state index in [1.807, 2.05) is 54.6 Å². The van der Waals surface area contributed by atoms with Crippen molar-refractivity contribution in [1.82, 2.24) is 10.4 Å². The second-order valence-electron chi connectivity index (χ2n) is 12.8. The van der Waals surface area contributed by atoms with Crippen LogP contribution in [0.25, 0.3) is 0 Å². The maximum Gasteiger partial charge on any atom is 0.337 e. The summed E-state index contributed by atoms with van der Waals surface area (Å²) in [5, 5.41) is 20.5. The molecule has 0 spiro atoms. The Bertz CT molecular complexity index is 1490. The molecule has 3 atom stereocenters. The van der Waals surface area contributed by atoms with E-state index < -0.39 is 42.5 Å². The number of carboxylic acid groups (broad SMARTS) is 2. The zero-order chi connectivity index (χ0) is 33.6. The van der Waals surface area contributed by atoms with Gasteiger partial charge in [-0.2, -0.15) is 0 Å². The maximum atomic E-state index is 13.3. The monoisotopic (exact) mass is 662 g/mol. The molecule has 0 aliphatic carbocycles. The lowest BCUT2D eigenvalue weighted by Gasteiger charge is -2.54. The lowest BCUT2D eigenvalue weighted by atomic mass is 9.71. The first-order chi connectivity index (χ1) is 22.6. The number of fused-ring (bicyclic) bond motifs is 3. The molecule has 6 rings (SSSR count). The number of piperidine rings is 3. The zero-order valence-corrected chi connectivity index (χ0v) is 27.6. The Morgan fingerprint density at radius 1 is 0.896 bits per heavy atom. The molecule has 0 aromatic heterocycles. The van der Waals surface area contributed by atoms with Gasteiger partial charge in [0.25, 0.3) is 0 Å². The molecule has 3 aromatic rings. The van der Waals surface area contributed by atoms with E-state index in [0.717, 1.165) is 48.2 Å². The molecule has 3 unspecified atom stereocenters. The van der Waals surface area contributed by atoms with Crippen molar-refractivity contribution in [2.24, 2.45) is 5.92 Å². The van der Waals surface area contributed by atoms with Gasteiger partial charge in [-0.1, -0.05) is 86.6 Å². The van der Waals surface area contributed by atoms with Crippen molar-refractivity contribution in [3.8, 4) is 5.75 Å². The van der Waals surface area contributed by atoms with Gasteiger partial charge < -0.3 is 30.0 Å². The van der Waals surface area contributed by atoms with Crippen molar-refractivity contribution in [3.05, 3.63) is 101 Å². The summed E-state index contributed by atoms with van der Waals surface area (Å²) < 4.78 is 12.0. The second-order valence-corrected chi connectivity index (χ2v) is 12.8. The minimum Gasteiger partial charge on any atom is -0.496 e. The summed E-state index contributed by atoms with van der Waals surface area (Å²) in [6.07, 6.45) is -0.782. The van der Waals surface area contributed by atoms with E-state index in [1.54, 1.807) is 7.11 Å². The van der Waals surface area contributed by atoms with Crippen LogP contribution in [0.5, 0.6) is 5.75 Å². The number of carbonyl (C=O) groups is 3. The molecule has 5 N–H and O–H groups in total. The van der Waals surface area contributed by atoms with Crippen LogP contribution in [0.2, 0.25) is 0 Å². The summed E-state index contributed by atoms with van der Waals surface area (Å²) in [7, 11) is 1.55. The summed E-state index contributed by atoms with van der Waals surface area (Å²) in [4.78, 5) is 46.1. The maximum absolute atomic E-state index is 13.3. The number of hydroxylamine groups is 1. The molecule has 3 aromatic carbocycles. The molecular formula is C37H46N2O9. The number of nitrogens with one attached hydrogen (secondary N) is 1. The number of hydrogen-bond donors (Lipinski definition) is 3. The van der Waals surface area contributed by atoms with Crippen LogP contribution in [-0.2, 0) is 30.5 Å². The van der Waals surface area contributed by atoms with Gasteiger partial charge in [-0.05, 0) is 60.5 Å². The molecule has 3 aliphatic rings. The van der Waals surface area contributed by atoms with E-state index >= 15 is 0 Å². The SMILES string of the molecule is COc1ccc(C(C)C)cc1CNOC(=O)CC(CC(=O)O)(OC1C2CCN(CC2)C1C(c1ccccc1)c1ccccc1)C(=O)O.O. The lowest BCUT2D eigenvalue weighted by Crippen LogP contribution is -2.64. The summed E-state index contributed by atoms with van der Waals surface area (Å²) in [6.45, 7) is 5.87. The highest BCUT2D eigenvalue weighted by atomic mass is 16.7. The third kappa shape index (κ3) is 8.22. The molecule has 11 heteroatoms. The summed E-state index contributed by atoms with van der Waals surface area (Å²) in [5.74, 6) is -3.15. The third-order valence-electron chi connectivity index (χ3n) is 9.49. The van der Waals surface area contributed by atoms with E-state index in [9.17, 15) is 24.6 Å². The fraction of sp³-hybridized carbons (Fsp3) is 0.432. The van der Waals surface area contributed by atoms with Gasteiger partial charge in [-0.15, -0.1) is 5.48 Å². The van der Waals surface area contributed by atoms with Crippen LogP contribution in [0.15, 0.2) is 78.9 Å². The molecule has 0 saturated carbocycles. The average molecular weight is 663 g/mol. The van der Waals surface area contributed by atoms with Crippen LogP contribution in [0.3, 0.4) is 0 Å². The molecule has 3 fully saturated rings. The number of hydrogen-bond acceptors (Lipinski definition) is 8. The number of ether oxygens (including phenoxy) is 2. The van der Waals surface area contributed by atoms with Crippen molar-refractivity contribution in [2.45, 2.75) is 75.7 Å². The highest BCUT2D eigenvalue weighted by Gasteiger charge is 2.54. The first-order valence-electron chi connectivity index (χ1n) is 16.2. The number of carboxylic acids is 2. The van der Waals surface area contributed by atoms with Gasteiger partial charge in [0.2, 0.25) is 0 Å². The van der Waals surface area contributed by atoms with Crippen LogP contribution in [0, 0.1) is 5.92 Å². The first-order valence-corrected chi connectivity index (χ1v) is 16.2. The van der Waals surface area contributed by atoms with Crippen LogP contribution in [-0.4, -0.2) is 76.4 Å². The van der Waals surface area contributed by atoms with Crippen LogP contribution < -0.4 is 10.2 Å². The van der Waals surface area contributed by atoms with Gasteiger partial charge in [-0.3, -0.25) is 14.5 Å². The molecule has 0 radical (unpaired) electrons. The molecule has 3 heterocycles. The van der Waals surface area contributed by atoms with Crippen molar-refractivity contribution < 1.29 is 44.4 Å². The summed E-state index contributed by atoms with van der Waals surface area (Å²) in [6, 6.07) is 25.5. The molecule has 3 aliphatic heterocycles. The molecule has 2 bridgehead atoms. The van der Waals surface area contributed by atoms with Gasteiger partial charge >= 0.3 is 17.9 Å². The largest absolute Gasteiger partial charge is 0.496 e. The Kier molecular flexibility index (Phi) is 12.3. The zero-order valence-electron chi connectivity index (χ0n) is 27.6. The Morgan fingerprint density at radius 2 is 1.50 bits per heavy atom. The van der Waals surface area contributed by atoms with E-state index in [1.165, 1.54) is 0 Å². The van der Waals surface area contributed by atoms with Crippen molar-refractivity contribution in [3.63, 3.8) is 0 Å². The first kappa shape index (κ1) is 36.5. The Morgan fingerprint density at radius 3 is 2.02 bits per heavy atom. The number of carbonyl (C=O) groups excluding carboxylic acids is 1. The predicted molar refractivity (Wildman–Crippen MR) is 179 cm³/mol. The Hall–Kier alpha value is -4.29. The molecule has 258 valence electrons. The minimum atomic E-state index is -2.35. The quantitative estimate of drug-likeness (QED) is 0.197. The lowest BCUT2D eigenvalue weighted by molar-refractivity contribution is -0.211. The number of rotatable bonds is 15. The van der Waals surface area contributed by atoms with E-state index in [2.05, 4.69) is 48.5 Å². The fourth-order valence-corrected chi connectivity index (χ4v) is 7.12. The van der Waals surface area contributed by atoms with E-state index in [0.29, 0.717) is 5.75 Å². The van der Waals surface area contributed by atoms with Gasteiger partial charge in [0.1, 0.15) is 5.75 Å². The fourth-order valence-electron chi connectivity index (χ4n) is 7.12. The second kappa shape index (κ2) is 16.2. The summed E-state index contributed by atoms with van der Waals surface area (Å²) in [5.41, 5.74) is 4.19. The molecule has 48 heavy (non-hydrogen) atoms. The van der Waals surface area contributed by atoms with Crippen LogP contribution >= 0.6 is 0 Å². The van der Waals surface area contributed by atoms with E-state index in [-0.39, 0.29) is 35.8 Å². The molecular weight excluding hydrogens is 616 g/mol.